The molecule has 0 fully saturated rings. The van der Waals surface area contributed by atoms with Gasteiger partial charge in [-0.2, -0.15) is 0 Å². The minimum atomic E-state index is -0.599. The zero-order chi connectivity index (χ0) is 12.8. The maximum Gasteiger partial charge on any atom is 0.411 e. The van der Waals surface area contributed by atoms with E-state index in [9.17, 15) is 9.59 Å². The van der Waals surface area contributed by atoms with Crippen molar-refractivity contribution in [1.29, 1.82) is 0 Å². The number of nitrogens with two attached hydrogens (primary N) is 1. The number of ether oxygens (including phenoxy) is 1. The van der Waals surface area contributed by atoms with Crippen molar-refractivity contribution in [3.05, 3.63) is 36.4 Å². The molecule has 0 spiro atoms. The molecule has 5 nitrogen and oxygen atoms in total. The van der Waals surface area contributed by atoms with Crippen LogP contribution in [0.2, 0.25) is 0 Å². The van der Waals surface area contributed by atoms with Crippen LogP contribution >= 0.6 is 0 Å². The number of primary amides is 1. The van der Waals surface area contributed by atoms with Gasteiger partial charge in [-0.05, 0) is 24.6 Å². The van der Waals surface area contributed by atoms with Crippen molar-refractivity contribution in [3.63, 3.8) is 0 Å². The Morgan fingerprint density at radius 2 is 2.18 bits per heavy atom. The lowest BCUT2D eigenvalue weighted by Crippen LogP contribution is -2.14. The SMILES string of the molecule is C=C(C(N)=O)c1cccc(NC(=O)OCC)c1. The summed E-state index contributed by atoms with van der Waals surface area (Å²) in [5.74, 6) is -0.599. The Bertz CT molecular complexity index is 455. The molecule has 90 valence electrons. The maximum atomic E-state index is 11.2. The molecule has 2 amide bonds. The van der Waals surface area contributed by atoms with Gasteiger partial charge in [0.2, 0.25) is 5.91 Å². The molecule has 1 rings (SSSR count). The lowest BCUT2D eigenvalue weighted by atomic mass is 10.1. The van der Waals surface area contributed by atoms with Crippen LogP contribution in [0.15, 0.2) is 30.8 Å². The van der Waals surface area contributed by atoms with E-state index in [1.54, 1.807) is 31.2 Å². The molecule has 0 aliphatic heterocycles. The molecule has 17 heavy (non-hydrogen) atoms. The molecular weight excluding hydrogens is 220 g/mol. The second-order valence-corrected chi connectivity index (χ2v) is 3.27. The summed E-state index contributed by atoms with van der Waals surface area (Å²) in [4.78, 5) is 22.1. The van der Waals surface area contributed by atoms with Gasteiger partial charge in [0.05, 0.1) is 6.61 Å². The standard InChI is InChI=1S/C12H14N2O3/c1-3-17-12(16)14-10-6-4-5-9(7-10)8(2)11(13)15/h4-7H,2-3H2,1H3,(H2,13,15)(H,14,16). The molecule has 0 saturated carbocycles. The molecule has 1 aromatic rings. The van der Waals surface area contributed by atoms with E-state index in [4.69, 9.17) is 10.5 Å². The molecule has 0 heterocycles. The van der Waals surface area contributed by atoms with Crippen LogP contribution in [0.25, 0.3) is 5.57 Å². The molecule has 3 N–H and O–H groups in total. The minimum Gasteiger partial charge on any atom is -0.450 e. The summed E-state index contributed by atoms with van der Waals surface area (Å²) >= 11 is 0. The first-order chi connectivity index (χ1) is 8.04. The fourth-order valence-electron chi connectivity index (χ4n) is 1.21. The van der Waals surface area contributed by atoms with Crippen LogP contribution in [-0.2, 0) is 9.53 Å². The van der Waals surface area contributed by atoms with Crippen molar-refractivity contribution in [1.82, 2.24) is 0 Å². The van der Waals surface area contributed by atoms with Gasteiger partial charge in [-0.25, -0.2) is 4.79 Å². The average Bonchev–Trinajstić information content (AvgIpc) is 2.28. The third kappa shape index (κ3) is 3.64. The molecule has 0 aliphatic carbocycles. The van der Waals surface area contributed by atoms with E-state index in [0.29, 0.717) is 17.9 Å². The number of benzene rings is 1. The molecule has 0 saturated heterocycles. The molecule has 0 unspecified atom stereocenters. The van der Waals surface area contributed by atoms with Gasteiger partial charge >= 0.3 is 6.09 Å². The van der Waals surface area contributed by atoms with Gasteiger partial charge < -0.3 is 10.5 Å². The van der Waals surface area contributed by atoms with E-state index >= 15 is 0 Å². The first-order valence-corrected chi connectivity index (χ1v) is 5.07. The van der Waals surface area contributed by atoms with E-state index in [0.717, 1.165) is 0 Å². The summed E-state index contributed by atoms with van der Waals surface area (Å²) in [5, 5.41) is 2.52. The largest absolute Gasteiger partial charge is 0.450 e. The summed E-state index contributed by atoms with van der Waals surface area (Å²) in [7, 11) is 0. The maximum absolute atomic E-state index is 11.2. The van der Waals surface area contributed by atoms with Gasteiger partial charge in [-0.15, -0.1) is 0 Å². The molecule has 0 bridgehead atoms. The fourth-order valence-corrected chi connectivity index (χ4v) is 1.21. The first-order valence-electron chi connectivity index (χ1n) is 5.07. The van der Waals surface area contributed by atoms with E-state index in [-0.39, 0.29) is 5.57 Å². The quantitative estimate of drug-likeness (QED) is 0.779. The van der Waals surface area contributed by atoms with Crippen molar-refractivity contribution in [2.75, 3.05) is 11.9 Å². The Kier molecular flexibility index (Phi) is 4.28. The van der Waals surface area contributed by atoms with Crippen LogP contribution in [0.5, 0.6) is 0 Å². The van der Waals surface area contributed by atoms with Crippen LogP contribution in [-0.4, -0.2) is 18.6 Å². The van der Waals surface area contributed by atoms with Gasteiger partial charge in [-0.1, -0.05) is 18.7 Å². The molecule has 0 aromatic heterocycles. The molecule has 0 aliphatic rings. The number of carbonyl (C=O) groups is 2. The van der Waals surface area contributed by atoms with E-state index < -0.39 is 12.0 Å². The van der Waals surface area contributed by atoms with Crippen LogP contribution < -0.4 is 11.1 Å². The highest BCUT2D eigenvalue weighted by Crippen LogP contribution is 2.17. The normalized spacial score (nSPS) is 9.47. The molecule has 0 radical (unpaired) electrons. The van der Waals surface area contributed by atoms with Crippen molar-refractivity contribution in [2.24, 2.45) is 5.73 Å². The van der Waals surface area contributed by atoms with Gasteiger partial charge in [-0.3, -0.25) is 10.1 Å². The van der Waals surface area contributed by atoms with E-state index in [2.05, 4.69) is 11.9 Å². The summed E-state index contributed by atoms with van der Waals surface area (Å²) < 4.78 is 4.73. The number of carbonyl (C=O) groups excluding carboxylic acids is 2. The van der Waals surface area contributed by atoms with Crippen LogP contribution in [0.4, 0.5) is 10.5 Å². The van der Waals surface area contributed by atoms with Crippen molar-refractivity contribution >= 4 is 23.3 Å². The lowest BCUT2D eigenvalue weighted by Gasteiger charge is -2.07. The Morgan fingerprint density at radius 3 is 2.76 bits per heavy atom. The number of hydrogen-bond donors (Lipinski definition) is 2. The molecular formula is C12H14N2O3. The molecule has 5 heteroatoms. The number of hydrogen-bond acceptors (Lipinski definition) is 3. The smallest absolute Gasteiger partial charge is 0.411 e. The number of amides is 2. The van der Waals surface area contributed by atoms with Crippen LogP contribution in [0.3, 0.4) is 0 Å². The molecule has 0 atom stereocenters. The Labute approximate surface area is 99.3 Å². The summed E-state index contributed by atoms with van der Waals surface area (Å²) in [6.45, 7) is 5.57. The van der Waals surface area contributed by atoms with Gasteiger partial charge in [0, 0.05) is 11.3 Å². The predicted molar refractivity (Wildman–Crippen MR) is 65.3 cm³/mol. The third-order valence-electron chi connectivity index (χ3n) is 2.03. The Morgan fingerprint density at radius 1 is 1.47 bits per heavy atom. The highest BCUT2D eigenvalue weighted by Gasteiger charge is 2.07. The predicted octanol–water partition coefficient (Wildman–Crippen LogP) is 1.75. The van der Waals surface area contributed by atoms with Crippen molar-refractivity contribution in [3.8, 4) is 0 Å². The van der Waals surface area contributed by atoms with Crippen LogP contribution in [0.1, 0.15) is 12.5 Å². The van der Waals surface area contributed by atoms with Crippen molar-refractivity contribution in [2.45, 2.75) is 6.92 Å². The summed E-state index contributed by atoms with van der Waals surface area (Å²) in [5.41, 5.74) is 6.39. The highest BCUT2D eigenvalue weighted by molar-refractivity contribution is 6.18. The summed E-state index contributed by atoms with van der Waals surface area (Å²) in [6.07, 6.45) is -0.547. The lowest BCUT2D eigenvalue weighted by molar-refractivity contribution is -0.112. The highest BCUT2D eigenvalue weighted by atomic mass is 16.5. The zero-order valence-electron chi connectivity index (χ0n) is 9.53. The number of anilines is 1. The second kappa shape index (κ2) is 5.69. The average molecular weight is 234 g/mol. The monoisotopic (exact) mass is 234 g/mol. The zero-order valence-corrected chi connectivity index (χ0v) is 9.53. The van der Waals surface area contributed by atoms with Crippen LogP contribution in [0, 0.1) is 0 Å². The second-order valence-electron chi connectivity index (χ2n) is 3.27. The Balaban J connectivity index is 2.83. The minimum absolute atomic E-state index is 0.192. The fraction of sp³-hybridized carbons (Fsp3) is 0.167. The van der Waals surface area contributed by atoms with Gasteiger partial charge in [0.25, 0.3) is 0 Å². The Hall–Kier alpha value is -2.30. The summed E-state index contributed by atoms with van der Waals surface area (Å²) in [6, 6.07) is 6.65. The molecule has 1 aromatic carbocycles. The van der Waals surface area contributed by atoms with E-state index in [1.165, 1.54) is 0 Å². The van der Waals surface area contributed by atoms with Crippen molar-refractivity contribution < 1.29 is 14.3 Å². The topological polar surface area (TPSA) is 81.4 Å². The third-order valence-corrected chi connectivity index (χ3v) is 2.03. The van der Waals surface area contributed by atoms with E-state index in [1.807, 2.05) is 0 Å². The number of rotatable bonds is 4. The van der Waals surface area contributed by atoms with Gasteiger partial charge in [0.15, 0.2) is 0 Å². The number of nitrogens with one attached hydrogen (secondary N) is 1. The van der Waals surface area contributed by atoms with Gasteiger partial charge in [0.1, 0.15) is 0 Å². The first kappa shape index (κ1) is 12.8.